The molecule has 2 rings (SSSR count). The molecule has 0 unspecified atom stereocenters. The minimum atomic E-state index is -0.493. The zero-order chi connectivity index (χ0) is 14.7. The number of ether oxygens (including phenoxy) is 1. The molecule has 0 aliphatic rings. The van der Waals surface area contributed by atoms with Gasteiger partial charge < -0.3 is 15.8 Å². The first kappa shape index (κ1) is 14.6. The van der Waals surface area contributed by atoms with Crippen molar-refractivity contribution in [3.05, 3.63) is 46.4 Å². The molecule has 0 saturated heterocycles. The first-order valence-electron chi connectivity index (χ1n) is 5.95. The molecule has 106 valence electrons. The maximum atomic E-state index is 13.7. The first-order chi connectivity index (χ1) is 9.51. The van der Waals surface area contributed by atoms with Crippen molar-refractivity contribution < 1.29 is 13.5 Å². The SMILES string of the molecule is CCOc1ccc(Nc2cc(F)c(Br)cc2N)cc1F. The summed E-state index contributed by atoms with van der Waals surface area (Å²) in [5, 5.41) is 2.87. The van der Waals surface area contributed by atoms with Crippen LogP contribution in [-0.2, 0) is 0 Å². The van der Waals surface area contributed by atoms with E-state index < -0.39 is 11.6 Å². The number of hydrogen-bond donors (Lipinski definition) is 2. The van der Waals surface area contributed by atoms with Gasteiger partial charge in [0, 0.05) is 17.8 Å². The van der Waals surface area contributed by atoms with Gasteiger partial charge in [-0.3, -0.25) is 0 Å². The summed E-state index contributed by atoms with van der Waals surface area (Å²) in [6.07, 6.45) is 0. The maximum Gasteiger partial charge on any atom is 0.167 e. The van der Waals surface area contributed by atoms with Gasteiger partial charge >= 0.3 is 0 Å². The molecular weight excluding hydrogens is 330 g/mol. The molecule has 3 nitrogen and oxygen atoms in total. The van der Waals surface area contributed by atoms with Gasteiger partial charge in [-0.15, -0.1) is 0 Å². The summed E-state index contributed by atoms with van der Waals surface area (Å²) in [7, 11) is 0. The molecule has 2 aromatic rings. The van der Waals surface area contributed by atoms with Crippen LogP contribution < -0.4 is 15.8 Å². The number of halogens is 3. The van der Waals surface area contributed by atoms with Crippen molar-refractivity contribution in [3.63, 3.8) is 0 Å². The van der Waals surface area contributed by atoms with E-state index in [1.807, 2.05) is 0 Å². The van der Waals surface area contributed by atoms with Crippen molar-refractivity contribution in [2.24, 2.45) is 0 Å². The van der Waals surface area contributed by atoms with E-state index in [9.17, 15) is 8.78 Å². The average Bonchev–Trinajstić information content (AvgIpc) is 2.39. The third kappa shape index (κ3) is 3.19. The summed E-state index contributed by atoms with van der Waals surface area (Å²) in [5.74, 6) is -0.769. The van der Waals surface area contributed by atoms with Crippen LogP contribution in [0.25, 0.3) is 0 Å². The van der Waals surface area contributed by atoms with Gasteiger partial charge in [0.1, 0.15) is 5.82 Å². The van der Waals surface area contributed by atoms with Gasteiger partial charge in [0.05, 0.1) is 22.5 Å². The van der Waals surface area contributed by atoms with Crippen molar-refractivity contribution >= 4 is 33.0 Å². The monoisotopic (exact) mass is 342 g/mol. The van der Waals surface area contributed by atoms with Crippen molar-refractivity contribution in [2.75, 3.05) is 17.7 Å². The number of hydrogen-bond acceptors (Lipinski definition) is 3. The van der Waals surface area contributed by atoms with Crippen LogP contribution in [0.2, 0.25) is 0 Å². The van der Waals surface area contributed by atoms with Crippen molar-refractivity contribution in [1.29, 1.82) is 0 Å². The van der Waals surface area contributed by atoms with E-state index in [0.29, 0.717) is 23.7 Å². The van der Waals surface area contributed by atoms with Gasteiger partial charge in [-0.05, 0) is 41.1 Å². The van der Waals surface area contributed by atoms with E-state index in [4.69, 9.17) is 10.5 Å². The molecule has 0 amide bonds. The van der Waals surface area contributed by atoms with Gasteiger partial charge in [0.25, 0.3) is 0 Å². The Kier molecular flexibility index (Phi) is 4.44. The van der Waals surface area contributed by atoms with E-state index in [1.54, 1.807) is 13.0 Å². The lowest BCUT2D eigenvalue weighted by molar-refractivity contribution is 0.321. The fourth-order valence-corrected chi connectivity index (χ4v) is 2.04. The minimum absolute atomic E-state index is 0.174. The second-order valence-corrected chi connectivity index (χ2v) is 4.91. The van der Waals surface area contributed by atoms with E-state index in [0.717, 1.165) is 0 Å². The smallest absolute Gasteiger partial charge is 0.167 e. The third-order valence-corrected chi connectivity index (χ3v) is 3.21. The molecule has 20 heavy (non-hydrogen) atoms. The predicted molar refractivity (Wildman–Crippen MR) is 79.4 cm³/mol. The molecule has 0 atom stereocenters. The molecule has 2 aromatic carbocycles. The van der Waals surface area contributed by atoms with Crippen molar-refractivity contribution in [1.82, 2.24) is 0 Å². The molecule has 0 bridgehead atoms. The molecule has 0 saturated carbocycles. The zero-order valence-electron chi connectivity index (χ0n) is 10.7. The molecule has 0 fully saturated rings. The first-order valence-corrected chi connectivity index (χ1v) is 6.74. The van der Waals surface area contributed by atoms with Crippen molar-refractivity contribution in [3.8, 4) is 5.75 Å². The van der Waals surface area contributed by atoms with Crippen LogP contribution in [0.15, 0.2) is 34.8 Å². The van der Waals surface area contributed by atoms with Crippen LogP contribution in [0.4, 0.5) is 25.8 Å². The highest BCUT2D eigenvalue weighted by atomic mass is 79.9. The normalized spacial score (nSPS) is 10.4. The Morgan fingerprint density at radius 2 is 1.95 bits per heavy atom. The number of anilines is 3. The maximum absolute atomic E-state index is 13.7. The highest BCUT2D eigenvalue weighted by Crippen LogP contribution is 2.30. The average molecular weight is 343 g/mol. The van der Waals surface area contributed by atoms with E-state index in [1.165, 1.54) is 24.3 Å². The lowest BCUT2D eigenvalue weighted by Crippen LogP contribution is -1.99. The van der Waals surface area contributed by atoms with E-state index in [-0.39, 0.29) is 10.2 Å². The predicted octanol–water partition coefficient (Wildman–Crippen LogP) is 4.45. The summed E-state index contributed by atoms with van der Waals surface area (Å²) in [6, 6.07) is 7.10. The topological polar surface area (TPSA) is 47.3 Å². The summed E-state index contributed by atoms with van der Waals surface area (Å²) >= 11 is 3.04. The highest BCUT2D eigenvalue weighted by Gasteiger charge is 2.08. The molecule has 6 heteroatoms. The molecule has 0 radical (unpaired) electrons. The van der Waals surface area contributed by atoms with E-state index in [2.05, 4.69) is 21.2 Å². The van der Waals surface area contributed by atoms with Gasteiger partial charge in [0.15, 0.2) is 11.6 Å². The Balaban J connectivity index is 2.26. The Hall–Kier alpha value is -1.82. The Bertz CT molecular complexity index is 635. The largest absolute Gasteiger partial charge is 0.491 e. The second kappa shape index (κ2) is 6.09. The Morgan fingerprint density at radius 1 is 1.20 bits per heavy atom. The molecule has 0 spiro atoms. The van der Waals surface area contributed by atoms with Crippen LogP contribution in [0.3, 0.4) is 0 Å². The third-order valence-electron chi connectivity index (χ3n) is 2.60. The number of benzene rings is 2. The number of nitrogens with one attached hydrogen (secondary N) is 1. The fourth-order valence-electron chi connectivity index (χ4n) is 1.68. The van der Waals surface area contributed by atoms with Gasteiger partial charge in [0.2, 0.25) is 0 Å². The molecular formula is C14H13BrF2N2O. The van der Waals surface area contributed by atoms with Crippen LogP contribution in [0.1, 0.15) is 6.92 Å². The number of rotatable bonds is 4. The lowest BCUT2D eigenvalue weighted by atomic mass is 10.2. The summed E-state index contributed by atoms with van der Waals surface area (Å²) in [6.45, 7) is 2.16. The summed E-state index contributed by atoms with van der Waals surface area (Å²) in [5.41, 5.74) is 6.96. The summed E-state index contributed by atoms with van der Waals surface area (Å²) in [4.78, 5) is 0. The van der Waals surface area contributed by atoms with Gasteiger partial charge in [-0.2, -0.15) is 0 Å². The molecule has 0 aliphatic carbocycles. The second-order valence-electron chi connectivity index (χ2n) is 4.06. The minimum Gasteiger partial charge on any atom is -0.491 e. The highest BCUT2D eigenvalue weighted by molar-refractivity contribution is 9.10. The fraction of sp³-hybridized carbons (Fsp3) is 0.143. The zero-order valence-corrected chi connectivity index (χ0v) is 12.3. The molecule has 3 N–H and O–H groups in total. The lowest BCUT2D eigenvalue weighted by Gasteiger charge is -2.12. The van der Waals surface area contributed by atoms with Gasteiger partial charge in [-0.1, -0.05) is 0 Å². The van der Waals surface area contributed by atoms with Crippen LogP contribution in [0.5, 0.6) is 5.75 Å². The van der Waals surface area contributed by atoms with Gasteiger partial charge in [-0.25, -0.2) is 8.78 Å². The Labute approximate surface area is 123 Å². The van der Waals surface area contributed by atoms with Crippen LogP contribution >= 0.6 is 15.9 Å². The molecule has 0 heterocycles. The molecule has 0 aliphatic heterocycles. The Morgan fingerprint density at radius 3 is 2.60 bits per heavy atom. The van der Waals surface area contributed by atoms with Crippen LogP contribution in [0, 0.1) is 11.6 Å². The van der Waals surface area contributed by atoms with Crippen molar-refractivity contribution in [2.45, 2.75) is 6.92 Å². The summed E-state index contributed by atoms with van der Waals surface area (Å²) < 4.78 is 32.6. The number of nitrogens with two attached hydrogens (primary N) is 1. The quantitative estimate of drug-likeness (QED) is 0.807. The van der Waals surface area contributed by atoms with Crippen LogP contribution in [-0.4, -0.2) is 6.61 Å². The number of nitrogen functional groups attached to an aromatic ring is 1. The van der Waals surface area contributed by atoms with E-state index >= 15 is 0 Å². The molecule has 0 aromatic heterocycles. The standard InChI is InChI=1S/C14H13BrF2N2O/c1-2-20-14-4-3-8(5-11(14)17)19-13-7-10(16)9(15)6-12(13)18/h3-7,19H,2,18H2,1H3.